The van der Waals surface area contributed by atoms with E-state index < -0.39 is 17.7 Å². The van der Waals surface area contributed by atoms with Gasteiger partial charge >= 0.3 is 0 Å². The zero-order valence-corrected chi connectivity index (χ0v) is 19.3. The normalized spacial score (nSPS) is 15.0. The number of aromatic nitrogens is 1. The van der Waals surface area contributed by atoms with E-state index in [0.717, 1.165) is 43.6 Å². The van der Waals surface area contributed by atoms with Gasteiger partial charge in [0.2, 0.25) is 5.91 Å². The summed E-state index contributed by atoms with van der Waals surface area (Å²) in [6, 6.07) is 15.6. The average Bonchev–Trinajstić information content (AvgIpc) is 2.86. The number of hydrogen-bond donors (Lipinski definition) is 1. The number of pyridine rings is 1. The summed E-state index contributed by atoms with van der Waals surface area (Å²) in [4.78, 5) is 20.1. The zero-order chi connectivity index (χ0) is 23.9. The Morgan fingerprint density at radius 2 is 1.88 bits per heavy atom. The Morgan fingerprint density at radius 1 is 1.12 bits per heavy atom. The first-order valence-corrected chi connectivity index (χ1v) is 11.7. The molecule has 1 aromatic heterocycles. The maximum atomic E-state index is 14.1. The van der Waals surface area contributed by atoms with Crippen LogP contribution in [0.25, 0.3) is 0 Å². The lowest BCUT2D eigenvalue weighted by Crippen LogP contribution is -2.45. The van der Waals surface area contributed by atoms with Gasteiger partial charge in [0.1, 0.15) is 12.4 Å². The third kappa shape index (κ3) is 5.90. The van der Waals surface area contributed by atoms with E-state index in [-0.39, 0.29) is 30.7 Å². The molecule has 1 aliphatic heterocycles. The number of amides is 1. The number of nitrogens with zero attached hydrogens (tertiary/aromatic N) is 2. The molecule has 0 saturated carbocycles. The van der Waals surface area contributed by atoms with Crippen molar-refractivity contribution in [1.82, 2.24) is 15.2 Å². The van der Waals surface area contributed by atoms with Crippen LogP contribution in [0.15, 0.2) is 66.9 Å². The predicted octanol–water partition coefficient (Wildman–Crippen LogP) is 5.01. The Labute approximate surface area is 202 Å². The topological polar surface area (TPSA) is 54.5 Å². The number of carbonyl (C=O) groups excluding carboxylic acids is 1. The number of piperidine rings is 1. The maximum absolute atomic E-state index is 14.1. The van der Waals surface area contributed by atoms with E-state index in [1.165, 1.54) is 6.07 Å². The standard InChI is InChI=1S/C26H26ClF2N3O2/c27-20-6-4-18(5-7-20)25(23-3-1-2-12-31-23)32(26(33)19-10-13-30-14-11-19)15-16-34-24-9-8-21(28)17-22(24)29/h1-9,12,17,19,25,30H,10-11,13-16H2/t25-/m0/s1. The Morgan fingerprint density at radius 3 is 2.56 bits per heavy atom. The van der Waals surface area contributed by atoms with Crippen LogP contribution in [-0.2, 0) is 4.79 Å². The number of hydrogen-bond acceptors (Lipinski definition) is 4. The Balaban J connectivity index is 1.64. The van der Waals surface area contributed by atoms with Gasteiger partial charge in [-0.05, 0) is 67.9 Å². The highest BCUT2D eigenvalue weighted by molar-refractivity contribution is 6.30. The summed E-state index contributed by atoms with van der Waals surface area (Å²) in [5, 5.41) is 3.88. The van der Waals surface area contributed by atoms with Gasteiger partial charge in [0.15, 0.2) is 11.6 Å². The first-order chi connectivity index (χ1) is 16.5. The van der Waals surface area contributed by atoms with Crippen molar-refractivity contribution in [2.75, 3.05) is 26.2 Å². The second-order valence-electron chi connectivity index (χ2n) is 8.19. The van der Waals surface area contributed by atoms with E-state index in [1.807, 2.05) is 30.3 Å². The first-order valence-electron chi connectivity index (χ1n) is 11.3. The van der Waals surface area contributed by atoms with Crippen molar-refractivity contribution in [2.24, 2.45) is 5.92 Å². The number of carbonyl (C=O) groups is 1. The summed E-state index contributed by atoms with van der Waals surface area (Å²) in [5.41, 5.74) is 1.57. The molecular formula is C26H26ClF2N3O2. The van der Waals surface area contributed by atoms with Crippen molar-refractivity contribution in [3.63, 3.8) is 0 Å². The maximum Gasteiger partial charge on any atom is 0.226 e. The molecule has 34 heavy (non-hydrogen) atoms. The van der Waals surface area contributed by atoms with Crippen molar-refractivity contribution >= 4 is 17.5 Å². The van der Waals surface area contributed by atoms with Crippen LogP contribution in [0.4, 0.5) is 8.78 Å². The van der Waals surface area contributed by atoms with Crippen molar-refractivity contribution < 1.29 is 18.3 Å². The zero-order valence-electron chi connectivity index (χ0n) is 18.6. The van der Waals surface area contributed by atoms with Crippen LogP contribution in [0.3, 0.4) is 0 Å². The summed E-state index contributed by atoms with van der Waals surface area (Å²) >= 11 is 6.12. The van der Waals surface area contributed by atoms with Crippen LogP contribution in [0.2, 0.25) is 5.02 Å². The van der Waals surface area contributed by atoms with Crippen molar-refractivity contribution in [3.05, 3.63) is 94.8 Å². The lowest BCUT2D eigenvalue weighted by atomic mass is 9.93. The van der Waals surface area contributed by atoms with Gasteiger partial charge in [0, 0.05) is 23.2 Å². The van der Waals surface area contributed by atoms with E-state index in [2.05, 4.69) is 10.3 Å². The average molecular weight is 486 g/mol. The van der Waals surface area contributed by atoms with E-state index >= 15 is 0 Å². The second kappa shape index (κ2) is 11.4. The minimum atomic E-state index is -0.782. The van der Waals surface area contributed by atoms with Gasteiger partial charge in [0.25, 0.3) is 0 Å². The Kier molecular flexibility index (Phi) is 8.08. The van der Waals surface area contributed by atoms with Crippen LogP contribution >= 0.6 is 11.6 Å². The van der Waals surface area contributed by atoms with Gasteiger partial charge in [-0.2, -0.15) is 0 Å². The van der Waals surface area contributed by atoms with Crippen LogP contribution in [0, 0.1) is 17.6 Å². The highest BCUT2D eigenvalue weighted by Crippen LogP contribution is 2.31. The van der Waals surface area contributed by atoms with Crippen molar-refractivity contribution in [1.29, 1.82) is 0 Å². The molecule has 1 fully saturated rings. The summed E-state index contributed by atoms with van der Waals surface area (Å²) in [6.45, 7) is 1.78. The largest absolute Gasteiger partial charge is 0.489 e. The number of benzene rings is 2. The number of halogens is 3. The Bertz CT molecular complexity index is 1090. The molecule has 0 aliphatic carbocycles. The van der Waals surface area contributed by atoms with Gasteiger partial charge in [0.05, 0.1) is 18.3 Å². The SMILES string of the molecule is O=C(C1CCNCC1)N(CCOc1ccc(F)cc1F)[C@@H](c1ccc(Cl)cc1)c1ccccn1. The van der Waals surface area contributed by atoms with Gasteiger partial charge in [-0.3, -0.25) is 9.78 Å². The minimum absolute atomic E-state index is 0.00437. The molecule has 2 aromatic carbocycles. The molecule has 1 N–H and O–H groups in total. The molecule has 3 aromatic rings. The quantitative estimate of drug-likeness (QED) is 0.487. The lowest BCUT2D eigenvalue weighted by Gasteiger charge is -2.35. The minimum Gasteiger partial charge on any atom is -0.489 e. The monoisotopic (exact) mass is 485 g/mol. The van der Waals surface area contributed by atoms with E-state index in [1.54, 1.807) is 23.2 Å². The fourth-order valence-electron chi connectivity index (χ4n) is 4.21. The molecule has 4 rings (SSSR count). The molecule has 178 valence electrons. The van der Waals surface area contributed by atoms with Crippen LogP contribution < -0.4 is 10.1 Å². The highest BCUT2D eigenvalue weighted by Gasteiger charge is 2.33. The third-order valence-corrected chi connectivity index (χ3v) is 6.17. The molecule has 5 nitrogen and oxygen atoms in total. The first kappa shape index (κ1) is 24.1. The van der Waals surface area contributed by atoms with Gasteiger partial charge in [-0.1, -0.05) is 29.8 Å². The van der Waals surface area contributed by atoms with Crippen LogP contribution in [0.1, 0.15) is 30.1 Å². The molecule has 0 radical (unpaired) electrons. The second-order valence-corrected chi connectivity index (χ2v) is 8.62. The van der Waals surface area contributed by atoms with Crippen molar-refractivity contribution in [3.8, 4) is 5.75 Å². The van der Waals surface area contributed by atoms with Crippen molar-refractivity contribution in [2.45, 2.75) is 18.9 Å². The molecule has 0 unspecified atom stereocenters. The lowest BCUT2D eigenvalue weighted by molar-refractivity contribution is -0.138. The van der Waals surface area contributed by atoms with Crippen LogP contribution in [-0.4, -0.2) is 42.0 Å². The molecule has 1 saturated heterocycles. The predicted molar refractivity (Wildman–Crippen MR) is 127 cm³/mol. The van der Waals surface area contributed by atoms with Gasteiger partial charge in [-0.15, -0.1) is 0 Å². The number of rotatable bonds is 8. The molecule has 1 aliphatic rings. The molecule has 1 amide bonds. The van der Waals surface area contributed by atoms with E-state index in [9.17, 15) is 13.6 Å². The summed E-state index contributed by atoms with van der Waals surface area (Å²) < 4.78 is 32.9. The molecule has 0 spiro atoms. The van der Waals surface area contributed by atoms with Gasteiger partial charge in [-0.25, -0.2) is 8.78 Å². The molecular weight excluding hydrogens is 460 g/mol. The Hall–Kier alpha value is -3.03. The summed E-state index contributed by atoms with van der Waals surface area (Å²) in [5.74, 6) is -1.66. The van der Waals surface area contributed by atoms with Crippen LogP contribution in [0.5, 0.6) is 5.75 Å². The van der Waals surface area contributed by atoms with E-state index in [0.29, 0.717) is 10.7 Å². The number of ether oxygens (including phenoxy) is 1. The smallest absolute Gasteiger partial charge is 0.226 e. The molecule has 0 bridgehead atoms. The van der Waals surface area contributed by atoms with E-state index in [4.69, 9.17) is 16.3 Å². The molecule has 8 heteroatoms. The number of nitrogens with one attached hydrogen (secondary N) is 1. The summed E-state index contributed by atoms with van der Waals surface area (Å²) in [7, 11) is 0. The fourth-order valence-corrected chi connectivity index (χ4v) is 4.34. The molecule has 2 heterocycles. The summed E-state index contributed by atoms with van der Waals surface area (Å²) in [6.07, 6.45) is 3.16. The fraction of sp³-hybridized carbons (Fsp3) is 0.308. The third-order valence-electron chi connectivity index (χ3n) is 5.92. The highest BCUT2D eigenvalue weighted by atomic mass is 35.5. The molecule has 1 atom stereocenters. The van der Waals surface area contributed by atoms with Gasteiger partial charge < -0.3 is 15.0 Å².